The minimum Gasteiger partial charge on any atom is -0.496 e. The molecule has 108 valence electrons. The number of carbonyl (C=O) groups excluding carboxylic acids is 1. The maximum absolute atomic E-state index is 13.2. The molecule has 1 saturated carbocycles. The Morgan fingerprint density at radius 2 is 1.90 bits per heavy atom. The minimum absolute atomic E-state index is 0.440. The summed E-state index contributed by atoms with van der Waals surface area (Å²) >= 11 is 0. The van der Waals surface area contributed by atoms with Crippen LogP contribution in [0.4, 0.5) is 4.39 Å². The van der Waals surface area contributed by atoms with Gasteiger partial charge in [0, 0.05) is 17.2 Å². The van der Waals surface area contributed by atoms with Gasteiger partial charge in [-0.15, -0.1) is 0 Å². The third-order valence-corrected chi connectivity index (χ3v) is 3.94. The number of hydrogen-bond acceptors (Lipinski definition) is 4. The molecule has 0 spiro atoms. The first-order valence-corrected chi connectivity index (χ1v) is 6.61. The van der Waals surface area contributed by atoms with Crippen LogP contribution in [0.1, 0.15) is 36.8 Å². The van der Waals surface area contributed by atoms with E-state index in [1.54, 1.807) is 25.3 Å². The van der Waals surface area contributed by atoms with Gasteiger partial charge < -0.3 is 9.47 Å². The van der Waals surface area contributed by atoms with Crippen LogP contribution in [0, 0.1) is 0 Å². The Balaban J connectivity index is 2.61. The van der Waals surface area contributed by atoms with E-state index < -0.39 is 12.2 Å². The van der Waals surface area contributed by atoms with Gasteiger partial charge in [-0.1, -0.05) is 12.8 Å². The van der Waals surface area contributed by atoms with Gasteiger partial charge in [0.25, 0.3) is 0 Å². The van der Waals surface area contributed by atoms with E-state index in [4.69, 9.17) is 9.47 Å². The second-order valence-corrected chi connectivity index (χ2v) is 4.94. The largest absolute Gasteiger partial charge is 0.496 e. The van der Waals surface area contributed by atoms with Crippen molar-refractivity contribution in [3.63, 3.8) is 0 Å². The quantitative estimate of drug-likeness (QED) is 0.614. The fourth-order valence-corrected chi connectivity index (χ4v) is 2.92. The fourth-order valence-electron chi connectivity index (χ4n) is 2.92. The van der Waals surface area contributed by atoms with Crippen LogP contribution in [-0.4, -0.2) is 20.3 Å². The van der Waals surface area contributed by atoms with Crippen LogP contribution in [0.3, 0.4) is 0 Å². The third-order valence-electron chi connectivity index (χ3n) is 3.94. The lowest BCUT2D eigenvalue weighted by Crippen LogP contribution is -2.20. The number of halogens is 1. The van der Waals surface area contributed by atoms with Crippen molar-refractivity contribution < 1.29 is 18.7 Å². The van der Waals surface area contributed by atoms with Crippen molar-refractivity contribution in [1.29, 1.82) is 0 Å². The Morgan fingerprint density at radius 1 is 1.25 bits per heavy atom. The van der Waals surface area contributed by atoms with E-state index >= 15 is 0 Å². The molecule has 1 fully saturated rings. The Hall–Kier alpha value is -1.87. The summed E-state index contributed by atoms with van der Waals surface area (Å²) in [5, 5.41) is 0. The summed E-state index contributed by atoms with van der Waals surface area (Å²) < 4.78 is 23.7. The number of ether oxygens (including phenoxy) is 2. The van der Waals surface area contributed by atoms with Crippen LogP contribution in [-0.2, 0) is 17.0 Å². The van der Waals surface area contributed by atoms with Gasteiger partial charge in [0.1, 0.15) is 23.7 Å². The molecule has 5 heteroatoms. The molecular weight excluding hydrogens is 261 g/mol. The molecule has 0 atom stereocenters. The molecule has 0 unspecified atom stereocenters. The Bertz CT molecular complexity index is 532. The summed E-state index contributed by atoms with van der Waals surface area (Å²) in [6.45, 7) is -0.638. The molecule has 1 aliphatic carbocycles. The Kier molecular flexibility index (Phi) is 4.40. The van der Waals surface area contributed by atoms with Crippen LogP contribution < -0.4 is 9.47 Å². The predicted octanol–water partition coefficient (Wildman–Crippen LogP) is 3.28. The van der Waals surface area contributed by atoms with Crippen LogP contribution in [0.25, 0.3) is 0 Å². The molecule has 0 amide bonds. The number of alkyl halides is 1. The second-order valence-electron chi connectivity index (χ2n) is 4.94. The Labute approximate surface area is 117 Å². The van der Waals surface area contributed by atoms with Crippen molar-refractivity contribution in [3.05, 3.63) is 23.3 Å². The number of hydrogen-bond donors (Lipinski definition) is 0. The zero-order valence-electron chi connectivity index (χ0n) is 11.7. The molecule has 2 rings (SSSR count). The van der Waals surface area contributed by atoms with E-state index in [1.165, 1.54) is 7.11 Å². The van der Waals surface area contributed by atoms with E-state index in [2.05, 4.69) is 4.99 Å². The van der Waals surface area contributed by atoms with Gasteiger partial charge >= 0.3 is 0 Å². The molecular formula is C15H18FNO3. The summed E-state index contributed by atoms with van der Waals surface area (Å²) in [6.07, 6.45) is 5.11. The van der Waals surface area contributed by atoms with E-state index in [0.29, 0.717) is 17.1 Å². The highest BCUT2D eigenvalue weighted by Gasteiger charge is 2.38. The number of rotatable bonds is 5. The smallest absolute Gasteiger partial charge is 0.235 e. The molecule has 1 aromatic carbocycles. The molecule has 0 N–H and O–H groups in total. The number of benzene rings is 1. The summed E-state index contributed by atoms with van der Waals surface area (Å²) in [4.78, 5) is 14.8. The minimum atomic E-state index is -0.638. The lowest BCUT2D eigenvalue weighted by molar-refractivity contribution is 0.362. The molecule has 0 saturated heterocycles. The lowest BCUT2D eigenvalue weighted by atomic mass is 9.87. The number of methoxy groups -OCH3 is 2. The zero-order valence-corrected chi connectivity index (χ0v) is 11.7. The van der Waals surface area contributed by atoms with Gasteiger partial charge in [0.2, 0.25) is 6.08 Å². The molecule has 1 aromatic rings. The number of isocyanates is 1. The molecule has 1 aliphatic rings. The van der Waals surface area contributed by atoms with Gasteiger partial charge in [-0.2, -0.15) is 4.99 Å². The first-order chi connectivity index (χ1) is 9.70. The monoisotopic (exact) mass is 279 g/mol. The molecule has 0 radical (unpaired) electrons. The van der Waals surface area contributed by atoms with Crippen molar-refractivity contribution in [2.45, 2.75) is 37.9 Å². The van der Waals surface area contributed by atoms with Crippen molar-refractivity contribution in [3.8, 4) is 11.5 Å². The number of nitrogens with zero attached hydrogens (tertiary/aromatic N) is 1. The summed E-state index contributed by atoms with van der Waals surface area (Å²) in [7, 11) is 3.03. The molecule has 0 bridgehead atoms. The molecule has 4 nitrogen and oxygen atoms in total. The van der Waals surface area contributed by atoms with Gasteiger partial charge in [0.15, 0.2) is 0 Å². The maximum Gasteiger partial charge on any atom is 0.235 e. The van der Waals surface area contributed by atoms with E-state index in [-0.39, 0.29) is 0 Å². The average Bonchev–Trinajstić information content (AvgIpc) is 2.95. The van der Waals surface area contributed by atoms with Crippen molar-refractivity contribution in [1.82, 2.24) is 0 Å². The standard InChI is InChI=1S/C15H18FNO3/c1-19-13-8-14(20-2)12(7-11(13)9-16)15(17-10-18)5-3-4-6-15/h7-8H,3-6,9H2,1-2H3. The highest BCUT2D eigenvalue weighted by molar-refractivity contribution is 5.51. The third kappa shape index (κ3) is 2.41. The van der Waals surface area contributed by atoms with Crippen molar-refractivity contribution in [2.24, 2.45) is 4.99 Å². The summed E-state index contributed by atoms with van der Waals surface area (Å²) in [6, 6.07) is 3.36. The van der Waals surface area contributed by atoms with Gasteiger partial charge in [-0.25, -0.2) is 9.18 Å². The molecule has 0 aliphatic heterocycles. The number of aliphatic imine (C=N–C) groups is 1. The van der Waals surface area contributed by atoms with Crippen LogP contribution in [0.5, 0.6) is 11.5 Å². The van der Waals surface area contributed by atoms with Crippen molar-refractivity contribution in [2.75, 3.05) is 14.2 Å². The molecule has 0 heterocycles. The van der Waals surface area contributed by atoms with Crippen LogP contribution in [0.2, 0.25) is 0 Å². The summed E-state index contributed by atoms with van der Waals surface area (Å²) in [5.41, 5.74) is 0.550. The molecule has 0 aromatic heterocycles. The SMILES string of the molecule is COc1cc(OC)c(C2(N=C=O)CCCC2)cc1CF. The van der Waals surface area contributed by atoms with E-state index in [0.717, 1.165) is 31.2 Å². The first kappa shape index (κ1) is 14.5. The average molecular weight is 279 g/mol. The Morgan fingerprint density at radius 3 is 2.40 bits per heavy atom. The fraction of sp³-hybridized carbons (Fsp3) is 0.533. The van der Waals surface area contributed by atoms with Crippen LogP contribution >= 0.6 is 0 Å². The predicted molar refractivity (Wildman–Crippen MR) is 72.6 cm³/mol. The maximum atomic E-state index is 13.2. The lowest BCUT2D eigenvalue weighted by Gasteiger charge is -2.26. The highest BCUT2D eigenvalue weighted by Crippen LogP contribution is 2.47. The first-order valence-electron chi connectivity index (χ1n) is 6.61. The normalized spacial score (nSPS) is 16.6. The van der Waals surface area contributed by atoms with Crippen LogP contribution in [0.15, 0.2) is 17.1 Å². The van der Waals surface area contributed by atoms with E-state index in [1.807, 2.05) is 0 Å². The molecule has 20 heavy (non-hydrogen) atoms. The van der Waals surface area contributed by atoms with E-state index in [9.17, 15) is 9.18 Å². The second kappa shape index (κ2) is 6.06. The summed E-state index contributed by atoms with van der Waals surface area (Å²) in [5.74, 6) is 1.01. The van der Waals surface area contributed by atoms with Crippen molar-refractivity contribution >= 4 is 6.08 Å². The highest BCUT2D eigenvalue weighted by atomic mass is 19.1. The van der Waals surface area contributed by atoms with Gasteiger partial charge in [-0.05, 0) is 18.9 Å². The zero-order chi connectivity index (χ0) is 14.6. The van der Waals surface area contributed by atoms with Gasteiger partial charge in [-0.3, -0.25) is 0 Å². The van der Waals surface area contributed by atoms with Gasteiger partial charge in [0.05, 0.1) is 14.2 Å². The topological polar surface area (TPSA) is 47.9 Å².